The molecule has 0 saturated carbocycles. The molecule has 1 aromatic heterocycles. The van der Waals surface area contributed by atoms with Gasteiger partial charge < -0.3 is 9.84 Å². The molecular weight excluding hydrogens is 480 g/mol. The van der Waals surface area contributed by atoms with Crippen molar-refractivity contribution in [3.63, 3.8) is 0 Å². The number of para-hydroxylation sites is 1. The largest absolute Gasteiger partial charge is 0.507 e. The van der Waals surface area contributed by atoms with Crippen LogP contribution in [-0.4, -0.2) is 22.2 Å². The normalized spacial score (nSPS) is 16.1. The second-order valence-electron chi connectivity index (χ2n) is 6.91. The smallest absolute Gasteiger partial charge is 0.338 e. The quantitative estimate of drug-likeness (QED) is 0.559. The lowest BCUT2D eigenvalue weighted by Crippen LogP contribution is -2.39. The van der Waals surface area contributed by atoms with Crippen molar-refractivity contribution >= 4 is 39.3 Å². The van der Waals surface area contributed by atoms with Crippen molar-refractivity contribution in [2.24, 2.45) is 4.99 Å². The number of aromatic nitrogens is 1. The van der Waals surface area contributed by atoms with Gasteiger partial charge in [-0.05, 0) is 43.7 Å². The van der Waals surface area contributed by atoms with Gasteiger partial charge in [0.1, 0.15) is 5.75 Å². The molecular formula is C23H19BrN2O4S. The summed E-state index contributed by atoms with van der Waals surface area (Å²) < 4.78 is 8.12. The molecule has 0 fully saturated rings. The molecule has 8 heteroatoms. The molecule has 1 N–H and O–H groups in total. The van der Waals surface area contributed by atoms with Gasteiger partial charge in [-0.3, -0.25) is 9.36 Å². The standard InChI is InChI=1S/C23H19BrN2O4S/c1-3-30-22(29)19-13(2)25-23-26(20(19)14-8-10-16(24)11-9-14)21(28)18(31-23)12-15-6-4-5-7-17(15)27/h4-12,20,27H,3H2,1-2H3/b18-12+. The summed E-state index contributed by atoms with van der Waals surface area (Å²) in [4.78, 5) is 31.3. The van der Waals surface area contributed by atoms with Crippen LogP contribution in [0.1, 0.15) is 31.0 Å². The molecule has 0 bridgehead atoms. The molecule has 2 heterocycles. The highest BCUT2D eigenvalue weighted by atomic mass is 79.9. The summed E-state index contributed by atoms with van der Waals surface area (Å²) in [5.41, 5.74) is 1.88. The monoisotopic (exact) mass is 498 g/mol. The van der Waals surface area contributed by atoms with Crippen molar-refractivity contribution in [2.75, 3.05) is 6.61 Å². The van der Waals surface area contributed by atoms with Crippen LogP contribution in [0.2, 0.25) is 0 Å². The van der Waals surface area contributed by atoms with Gasteiger partial charge in [0.05, 0.1) is 28.5 Å². The van der Waals surface area contributed by atoms with Crippen LogP contribution in [0.5, 0.6) is 5.75 Å². The Labute approximate surface area is 190 Å². The summed E-state index contributed by atoms with van der Waals surface area (Å²) in [5, 5.41) is 10.1. The van der Waals surface area contributed by atoms with Gasteiger partial charge in [0.25, 0.3) is 5.56 Å². The van der Waals surface area contributed by atoms with Crippen molar-refractivity contribution in [3.05, 3.63) is 95.1 Å². The number of nitrogens with zero attached hydrogens (tertiary/aromatic N) is 2. The van der Waals surface area contributed by atoms with E-state index in [0.717, 1.165) is 10.0 Å². The molecule has 4 rings (SSSR count). The van der Waals surface area contributed by atoms with Crippen molar-refractivity contribution in [3.8, 4) is 5.75 Å². The van der Waals surface area contributed by atoms with Crippen LogP contribution in [0.25, 0.3) is 6.08 Å². The van der Waals surface area contributed by atoms with E-state index in [-0.39, 0.29) is 17.9 Å². The average Bonchev–Trinajstić information content (AvgIpc) is 3.04. The topological polar surface area (TPSA) is 80.9 Å². The number of halogens is 1. The minimum Gasteiger partial charge on any atom is -0.507 e. The van der Waals surface area contributed by atoms with Crippen molar-refractivity contribution in [1.82, 2.24) is 4.57 Å². The van der Waals surface area contributed by atoms with Crippen molar-refractivity contribution in [2.45, 2.75) is 19.9 Å². The molecule has 1 unspecified atom stereocenters. The number of carbonyl (C=O) groups excluding carboxylic acids is 1. The molecule has 1 aliphatic heterocycles. The summed E-state index contributed by atoms with van der Waals surface area (Å²) in [6, 6.07) is 13.6. The Balaban J connectivity index is 1.97. The number of hydrogen-bond acceptors (Lipinski definition) is 6. The van der Waals surface area contributed by atoms with Gasteiger partial charge in [-0.1, -0.05) is 57.6 Å². The second-order valence-corrected chi connectivity index (χ2v) is 8.84. The molecule has 1 aliphatic rings. The third-order valence-electron chi connectivity index (χ3n) is 4.93. The Bertz CT molecular complexity index is 1370. The first-order chi connectivity index (χ1) is 14.9. The molecule has 1 atom stereocenters. The summed E-state index contributed by atoms with van der Waals surface area (Å²) >= 11 is 4.65. The van der Waals surface area contributed by atoms with E-state index in [0.29, 0.717) is 26.2 Å². The van der Waals surface area contributed by atoms with Crippen LogP contribution in [0.15, 0.2) is 74.1 Å². The van der Waals surface area contributed by atoms with Gasteiger partial charge in [0.15, 0.2) is 4.80 Å². The second kappa shape index (κ2) is 8.64. The SMILES string of the molecule is CCOC(=O)C1=C(C)N=c2s/c(=C/c3ccccc3O)c(=O)n2C1c1ccc(Br)cc1. The van der Waals surface area contributed by atoms with Gasteiger partial charge in [-0.2, -0.15) is 0 Å². The first kappa shape index (κ1) is 21.3. The molecule has 6 nitrogen and oxygen atoms in total. The Morgan fingerprint density at radius 3 is 2.65 bits per heavy atom. The number of esters is 1. The number of hydrogen-bond donors (Lipinski definition) is 1. The molecule has 0 saturated heterocycles. The van der Waals surface area contributed by atoms with Gasteiger partial charge in [0.2, 0.25) is 0 Å². The van der Waals surface area contributed by atoms with Crippen LogP contribution in [-0.2, 0) is 9.53 Å². The zero-order valence-corrected chi connectivity index (χ0v) is 19.2. The number of phenolic OH excluding ortho intramolecular Hbond substituents is 1. The molecule has 2 aromatic carbocycles. The minimum atomic E-state index is -0.657. The molecule has 158 valence electrons. The first-order valence-electron chi connectivity index (χ1n) is 9.64. The zero-order chi connectivity index (χ0) is 22.1. The molecule has 0 amide bonds. The first-order valence-corrected chi connectivity index (χ1v) is 11.2. The fourth-order valence-electron chi connectivity index (χ4n) is 3.50. The Hall–Kier alpha value is -2.97. The van der Waals surface area contributed by atoms with E-state index in [1.165, 1.54) is 15.9 Å². The number of fused-ring (bicyclic) bond motifs is 1. The highest BCUT2D eigenvalue weighted by molar-refractivity contribution is 9.10. The van der Waals surface area contributed by atoms with Gasteiger partial charge in [-0.25, -0.2) is 9.79 Å². The highest BCUT2D eigenvalue weighted by Gasteiger charge is 2.33. The minimum absolute atomic E-state index is 0.0844. The molecule has 3 aromatic rings. The van der Waals surface area contributed by atoms with Crippen LogP contribution < -0.4 is 14.9 Å². The Morgan fingerprint density at radius 1 is 1.26 bits per heavy atom. The van der Waals surface area contributed by atoms with Gasteiger partial charge in [0, 0.05) is 10.0 Å². The summed E-state index contributed by atoms with van der Waals surface area (Å²) in [7, 11) is 0. The van der Waals surface area contributed by atoms with E-state index in [2.05, 4.69) is 20.9 Å². The molecule has 0 aliphatic carbocycles. The van der Waals surface area contributed by atoms with E-state index < -0.39 is 12.0 Å². The Morgan fingerprint density at radius 2 is 1.97 bits per heavy atom. The number of aromatic hydroxyl groups is 1. The summed E-state index contributed by atoms with van der Waals surface area (Å²) in [6.07, 6.45) is 1.64. The molecule has 31 heavy (non-hydrogen) atoms. The lowest BCUT2D eigenvalue weighted by Gasteiger charge is -2.24. The summed E-state index contributed by atoms with van der Waals surface area (Å²) in [5.74, 6) is -0.409. The van der Waals surface area contributed by atoms with Crippen LogP contribution in [0.4, 0.5) is 0 Å². The fraction of sp³-hybridized carbons (Fsp3) is 0.174. The van der Waals surface area contributed by atoms with Gasteiger partial charge >= 0.3 is 5.97 Å². The maximum atomic E-state index is 13.4. The van der Waals surface area contributed by atoms with Crippen LogP contribution >= 0.6 is 27.3 Å². The van der Waals surface area contributed by atoms with Crippen molar-refractivity contribution < 1.29 is 14.6 Å². The third-order valence-corrected chi connectivity index (χ3v) is 6.44. The molecule has 0 radical (unpaired) electrons. The highest BCUT2D eigenvalue weighted by Crippen LogP contribution is 2.31. The van der Waals surface area contributed by atoms with E-state index >= 15 is 0 Å². The maximum absolute atomic E-state index is 13.4. The number of ether oxygens (including phenoxy) is 1. The fourth-order valence-corrected chi connectivity index (χ4v) is 4.80. The van der Waals surface area contributed by atoms with Gasteiger partial charge in [-0.15, -0.1) is 0 Å². The number of phenols is 1. The van der Waals surface area contributed by atoms with E-state index in [1.807, 2.05) is 24.3 Å². The predicted molar refractivity (Wildman–Crippen MR) is 123 cm³/mol. The maximum Gasteiger partial charge on any atom is 0.338 e. The van der Waals surface area contributed by atoms with Crippen molar-refractivity contribution in [1.29, 1.82) is 0 Å². The third kappa shape index (κ3) is 4.00. The Kier molecular flexibility index (Phi) is 5.93. The average molecular weight is 499 g/mol. The van der Waals surface area contributed by atoms with Crippen LogP contribution in [0.3, 0.4) is 0 Å². The van der Waals surface area contributed by atoms with E-state index in [1.54, 1.807) is 44.2 Å². The summed E-state index contributed by atoms with van der Waals surface area (Å²) in [6.45, 7) is 3.71. The predicted octanol–water partition coefficient (Wildman–Crippen LogP) is 3.27. The number of carbonyl (C=O) groups is 1. The number of allylic oxidation sites excluding steroid dienone is 1. The number of rotatable bonds is 4. The van der Waals surface area contributed by atoms with Crippen LogP contribution in [0, 0.1) is 0 Å². The zero-order valence-electron chi connectivity index (χ0n) is 16.8. The lowest BCUT2D eigenvalue weighted by molar-refractivity contribution is -0.139. The number of thiazole rings is 1. The van der Waals surface area contributed by atoms with E-state index in [9.17, 15) is 14.7 Å². The van der Waals surface area contributed by atoms with E-state index in [4.69, 9.17) is 4.74 Å². The molecule has 0 spiro atoms. The number of benzene rings is 2. The lowest BCUT2D eigenvalue weighted by atomic mass is 9.96.